The maximum absolute atomic E-state index is 11.6. The summed E-state index contributed by atoms with van der Waals surface area (Å²) in [7, 11) is 0. The van der Waals surface area contributed by atoms with E-state index < -0.39 is 16.9 Å². The summed E-state index contributed by atoms with van der Waals surface area (Å²) in [5, 5.41) is 13.9. The molecule has 1 unspecified atom stereocenters. The number of H-pyrrole nitrogens is 2. The van der Waals surface area contributed by atoms with Crippen LogP contribution in [0.15, 0.2) is 39.9 Å². The van der Waals surface area contributed by atoms with E-state index in [1.165, 1.54) is 0 Å². The van der Waals surface area contributed by atoms with Gasteiger partial charge in [-0.3, -0.25) is 0 Å². The summed E-state index contributed by atoms with van der Waals surface area (Å²) in [4.78, 5) is 23.2. The summed E-state index contributed by atoms with van der Waals surface area (Å²) in [6.07, 6.45) is 0. The zero-order chi connectivity index (χ0) is 12.5. The first-order valence-corrected chi connectivity index (χ1v) is 5.16. The first-order chi connectivity index (χ1) is 8.09. The third kappa shape index (κ3) is 1.72. The second kappa shape index (κ2) is 4.06. The maximum Gasteiger partial charge on any atom is 0.345 e. The average Bonchev–Trinajstić information content (AvgIpc) is 2.70. The Morgan fingerprint density at radius 2 is 1.71 bits per heavy atom. The van der Waals surface area contributed by atoms with Crippen molar-refractivity contribution in [2.24, 2.45) is 0 Å². The minimum atomic E-state index is -1.08. The van der Waals surface area contributed by atoms with E-state index in [4.69, 9.17) is 0 Å². The average molecular weight is 235 g/mol. The Hall–Kier alpha value is -2.08. The molecule has 1 heterocycles. The fourth-order valence-electron chi connectivity index (χ4n) is 1.85. The third-order valence-corrected chi connectivity index (χ3v) is 2.88. The van der Waals surface area contributed by atoms with Crippen LogP contribution in [0.25, 0.3) is 0 Å². The molecule has 0 saturated heterocycles. The summed E-state index contributed by atoms with van der Waals surface area (Å²) >= 11 is 0. The van der Waals surface area contributed by atoms with Crippen molar-refractivity contribution in [2.45, 2.75) is 12.5 Å². The number of aliphatic hydroxyl groups excluding tert-OH is 1. The van der Waals surface area contributed by atoms with Gasteiger partial charge in [0.25, 0.3) is 0 Å². The number of hydrogen-bond donors (Lipinski definition) is 3. The Bertz CT molecular complexity index is 583. The molecule has 17 heavy (non-hydrogen) atoms. The Balaban J connectivity index is 2.69. The first kappa shape index (κ1) is 11.4. The number of aromatic amines is 2. The van der Waals surface area contributed by atoms with Crippen LogP contribution in [0, 0.1) is 0 Å². The monoisotopic (exact) mass is 235 g/mol. The smallest absolute Gasteiger partial charge is 0.345 e. The minimum absolute atomic E-state index is 0.349. The number of nitrogens with one attached hydrogen (secondary N) is 2. The molecule has 1 aromatic carbocycles. The van der Waals surface area contributed by atoms with E-state index in [0.717, 1.165) is 4.57 Å². The molecule has 6 nitrogen and oxygen atoms in total. The molecule has 0 radical (unpaired) electrons. The summed E-state index contributed by atoms with van der Waals surface area (Å²) in [6.45, 7) is 1.28. The Labute approximate surface area is 96.5 Å². The number of benzene rings is 1. The molecule has 0 amide bonds. The fraction of sp³-hybridized carbons (Fsp3) is 0.273. The Morgan fingerprint density at radius 1 is 1.18 bits per heavy atom. The molecule has 2 rings (SSSR count). The van der Waals surface area contributed by atoms with E-state index in [-0.39, 0.29) is 6.61 Å². The highest BCUT2D eigenvalue weighted by Crippen LogP contribution is 2.22. The minimum Gasteiger partial charge on any atom is -0.394 e. The van der Waals surface area contributed by atoms with E-state index in [9.17, 15) is 14.7 Å². The highest BCUT2D eigenvalue weighted by molar-refractivity contribution is 5.24. The van der Waals surface area contributed by atoms with Crippen LogP contribution < -0.4 is 11.4 Å². The number of rotatable bonds is 3. The van der Waals surface area contributed by atoms with Gasteiger partial charge in [0, 0.05) is 0 Å². The van der Waals surface area contributed by atoms with E-state index in [1.54, 1.807) is 31.2 Å². The maximum atomic E-state index is 11.6. The van der Waals surface area contributed by atoms with Crippen molar-refractivity contribution < 1.29 is 5.11 Å². The lowest BCUT2D eigenvalue weighted by atomic mass is 9.93. The van der Waals surface area contributed by atoms with Crippen LogP contribution in [0.3, 0.4) is 0 Å². The van der Waals surface area contributed by atoms with Gasteiger partial charge < -0.3 is 5.11 Å². The van der Waals surface area contributed by atoms with Gasteiger partial charge in [-0.2, -0.15) is 0 Å². The first-order valence-electron chi connectivity index (χ1n) is 5.16. The van der Waals surface area contributed by atoms with Gasteiger partial charge in [0.05, 0.1) is 12.1 Å². The molecule has 0 spiro atoms. The van der Waals surface area contributed by atoms with Crippen molar-refractivity contribution in [3.05, 3.63) is 56.9 Å². The van der Waals surface area contributed by atoms with Gasteiger partial charge in [-0.15, -0.1) is 0 Å². The van der Waals surface area contributed by atoms with Crippen LogP contribution in [-0.4, -0.2) is 26.5 Å². The molecule has 0 fully saturated rings. The van der Waals surface area contributed by atoms with E-state index in [0.29, 0.717) is 5.56 Å². The largest absolute Gasteiger partial charge is 0.394 e. The van der Waals surface area contributed by atoms with Crippen molar-refractivity contribution in [1.29, 1.82) is 0 Å². The molecular weight excluding hydrogens is 222 g/mol. The van der Waals surface area contributed by atoms with Gasteiger partial charge in [0.2, 0.25) is 0 Å². The normalized spacial score (nSPS) is 14.5. The van der Waals surface area contributed by atoms with Crippen LogP contribution in [-0.2, 0) is 5.54 Å². The van der Waals surface area contributed by atoms with Crippen LogP contribution >= 0.6 is 0 Å². The molecule has 1 aromatic heterocycles. The Morgan fingerprint density at radius 3 is 2.18 bits per heavy atom. The predicted octanol–water partition coefficient (Wildman–Crippen LogP) is -0.380. The van der Waals surface area contributed by atoms with Crippen LogP contribution in [0.2, 0.25) is 0 Å². The van der Waals surface area contributed by atoms with Crippen LogP contribution in [0.1, 0.15) is 12.5 Å². The van der Waals surface area contributed by atoms with E-state index in [1.807, 2.05) is 6.07 Å². The molecule has 3 N–H and O–H groups in total. The van der Waals surface area contributed by atoms with Gasteiger partial charge >= 0.3 is 11.4 Å². The number of nitrogens with zero attached hydrogens (tertiary/aromatic N) is 1. The second-order valence-electron chi connectivity index (χ2n) is 3.99. The SMILES string of the molecule is CC(CO)(c1ccccc1)n1c(=O)[nH][nH]c1=O. The van der Waals surface area contributed by atoms with Crippen molar-refractivity contribution in [1.82, 2.24) is 14.8 Å². The fourth-order valence-corrected chi connectivity index (χ4v) is 1.85. The lowest BCUT2D eigenvalue weighted by Gasteiger charge is -2.27. The van der Waals surface area contributed by atoms with Crippen molar-refractivity contribution in [3.63, 3.8) is 0 Å². The predicted molar refractivity (Wildman–Crippen MR) is 62.0 cm³/mol. The molecule has 0 aliphatic carbocycles. The molecule has 2 aromatic rings. The lowest BCUT2D eigenvalue weighted by Crippen LogP contribution is -2.47. The van der Waals surface area contributed by atoms with Crippen molar-refractivity contribution in [3.8, 4) is 0 Å². The quantitative estimate of drug-likeness (QED) is 0.677. The van der Waals surface area contributed by atoms with Gasteiger partial charge in [0.15, 0.2) is 0 Å². The number of aromatic nitrogens is 3. The van der Waals surface area contributed by atoms with Crippen LogP contribution in [0.5, 0.6) is 0 Å². The molecular formula is C11H13N3O3. The zero-order valence-corrected chi connectivity index (χ0v) is 9.30. The van der Waals surface area contributed by atoms with Crippen molar-refractivity contribution in [2.75, 3.05) is 6.61 Å². The molecule has 0 aliphatic rings. The van der Waals surface area contributed by atoms with Gasteiger partial charge in [-0.25, -0.2) is 24.4 Å². The standard InChI is InChI=1S/C11H13N3O3/c1-11(7-15,8-5-3-2-4-6-8)14-9(16)12-13-10(14)17/h2-6,15H,7H2,1H3,(H,12,16)(H,13,17). The summed E-state index contributed by atoms with van der Waals surface area (Å²) in [5.74, 6) is 0. The number of hydrogen-bond acceptors (Lipinski definition) is 3. The molecule has 90 valence electrons. The van der Waals surface area contributed by atoms with Gasteiger partial charge in [-0.1, -0.05) is 30.3 Å². The second-order valence-corrected chi connectivity index (χ2v) is 3.99. The molecule has 1 atom stereocenters. The molecule has 0 saturated carbocycles. The lowest BCUT2D eigenvalue weighted by molar-refractivity contribution is 0.175. The zero-order valence-electron chi connectivity index (χ0n) is 9.30. The summed E-state index contributed by atoms with van der Waals surface area (Å²) < 4.78 is 0.975. The number of aliphatic hydroxyl groups is 1. The summed E-state index contributed by atoms with van der Waals surface area (Å²) in [6, 6.07) is 8.92. The van der Waals surface area contributed by atoms with E-state index in [2.05, 4.69) is 10.2 Å². The van der Waals surface area contributed by atoms with E-state index >= 15 is 0 Å². The Kier molecular flexibility index (Phi) is 2.72. The highest BCUT2D eigenvalue weighted by atomic mass is 16.3. The van der Waals surface area contributed by atoms with Gasteiger partial charge in [0.1, 0.15) is 0 Å². The van der Waals surface area contributed by atoms with Crippen LogP contribution in [0.4, 0.5) is 0 Å². The topological polar surface area (TPSA) is 90.9 Å². The highest BCUT2D eigenvalue weighted by Gasteiger charge is 2.31. The third-order valence-electron chi connectivity index (χ3n) is 2.88. The molecule has 0 bridgehead atoms. The molecule has 6 heteroatoms. The van der Waals surface area contributed by atoms with Crippen molar-refractivity contribution >= 4 is 0 Å². The summed E-state index contributed by atoms with van der Waals surface area (Å²) in [5.41, 5.74) is -1.54. The molecule has 0 aliphatic heterocycles. The van der Waals surface area contributed by atoms with Gasteiger partial charge in [-0.05, 0) is 12.5 Å².